The highest BCUT2D eigenvalue weighted by molar-refractivity contribution is 9.10. The van der Waals surface area contributed by atoms with E-state index < -0.39 is 36.0 Å². The van der Waals surface area contributed by atoms with Crippen LogP contribution in [0.5, 0.6) is 0 Å². The SMILES string of the molecule is CC(=O)C1=C(O)C(=O)N(CC(=O)O)[C@H]1c1ccc(Br)cc1. The van der Waals surface area contributed by atoms with Gasteiger partial charge < -0.3 is 15.1 Å². The highest BCUT2D eigenvalue weighted by Gasteiger charge is 2.43. The second-order valence-electron chi connectivity index (χ2n) is 4.60. The Bertz CT molecular complexity index is 650. The van der Waals surface area contributed by atoms with Crippen LogP contribution in [0.4, 0.5) is 0 Å². The number of aliphatic hydroxyl groups excluding tert-OH is 1. The number of Topliss-reactive ketones (excluding diaryl/α,β-unsaturated/α-hetero) is 1. The Hall–Kier alpha value is -2.15. The highest BCUT2D eigenvalue weighted by atomic mass is 79.9. The third-order valence-electron chi connectivity index (χ3n) is 3.17. The van der Waals surface area contributed by atoms with Crippen molar-refractivity contribution in [2.24, 2.45) is 0 Å². The lowest BCUT2D eigenvalue weighted by atomic mass is 9.97. The number of ketones is 1. The number of aliphatic hydroxyl groups is 1. The summed E-state index contributed by atoms with van der Waals surface area (Å²) in [7, 11) is 0. The van der Waals surface area contributed by atoms with Crippen LogP contribution in [-0.4, -0.2) is 39.3 Å². The molecule has 1 aliphatic heterocycles. The first-order valence-electron chi connectivity index (χ1n) is 6.05. The maximum Gasteiger partial charge on any atom is 0.323 e. The Labute approximate surface area is 128 Å². The number of carbonyl (C=O) groups excluding carboxylic acids is 2. The van der Waals surface area contributed by atoms with E-state index in [0.29, 0.717) is 5.56 Å². The number of aliphatic carboxylic acids is 1. The van der Waals surface area contributed by atoms with Gasteiger partial charge in [-0.1, -0.05) is 28.1 Å². The van der Waals surface area contributed by atoms with Crippen LogP contribution in [0, 0.1) is 0 Å². The number of hydrogen-bond acceptors (Lipinski definition) is 4. The Kier molecular flexibility index (Phi) is 4.13. The molecule has 0 unspecified atom stereocenters. The number of carboxylic acid groups (broad SMARTS) is 1. The largest absolute Gasteiger partial charge is 0.503 e. The van der Waals surface area contributed by atoms with Crippen molar-refractivity contribution in [3.05, 3.63) is 45.6 Å². The van der Waals surface area contributed by atoms with Gasteiger partial charge in [-0.15, -0.1) is 0 Å². The molecule has 1 aliphatic rings. The molecule has 0 bridgehead atoms. The highest BCUT2D eigenvalue weighted by Crippen LogP contribution is 2.37. The molecule has 0 saturated carbocycles. The molecule has 1 heterocycles. The van der Waals surface area contributed by atoms with E-state index in [2.05, 4.69) is 15.9 Å². The van der Waals surface area contributed by atoms with Crippen molar-refractivity contribution < 1.29 is 24.6 Å². The van der Waals surface area contributed by atoms with E-state index >= 15 is 0 Å². The fourth-order valence-corrected chi connectivity index (χ4v) is 2.58. The average Bonchev–Trinajstić information content (AvgIpc) is 2.64. The number of benzene rings is 1. The lowest BCUT2D eigenvalue weighted by molar-refractivity contribution is -0.144. The van der Waals surface area contributed by atoms with Crippen molar-refractivity contribution in [3.8, 4) is 0 Å². The smallest absolute Gasteiger partial charge is 0.323 e. The average molecular weight is 354 g/mol. The van der Waals surface area contributed by atoms with Crippen molar-refractivity contribution in [2.45, 2.75) is 13.0 Å². The van der Waals surface area contributed by atoms with E-state index in [1.165, 1.54) is 6.92 Å². The fraction of sp³-hybridized carbons (Fsp3) is 0.214. The molecule has 110 valence electrons. The van der Waals surface area contributed by atoms with E-state index in [0.717, 1.165) is 9.37 Å². The monoisotopic (exact) mass is 353 g/mol. The van der Waals surface area contributed by atoms with Crippen LogP contribution in [-0.2, 0) is 14.4 Å². The van der Waals surface area contributed by atoms with Gasteiger partial charge in [-0.2, -0.15) is 0 Å². The summed E-state index contributed by atoms with van der Waals surface area (Å²) in [4.78, 5) is 35.6. The third kappa shape index (κ3) is 2.82. The number of halogens is 1. The summed E-state index contributed by atoms with van der Waals surface area (Å²) in [6.07, 6.45) is 0. The predicted octanol–water partition coefficient (Wildman–Crippen LogP) is 1.82. The summed E-state index contributed by atoms with van der Waals surface area (Å²) in [6.45, 7) is 0.634. The van der Waals surface area contributed by atoms with Gasteiger partial charge in [0, 0.05) is 4.47 Å². The van der Waals surface area contributed by atoms with Gasteiger partial charge >= 0.3 is 5.97 Å². The molecular weight excluding hydrogens is 342 g/mol. The van der Waals surface area contributed by atoms with Gasteiger partial charge in [0.1, 0.15) is 6.54 Å². The minimum Gasteiger partial charge on any atom is -0.503 e. The van der Waals surface area contributed by atoms with E-state index in [4.69, 9.17) is 5.11 Å². The van der Waals surface area contributed by atoms with Crippen LogP contribution in [0.3, 0.4) is 0 Å². The van der Waals surface area contributed by atoms with Crippen molar-refractivity contribution >= 4 is 33.6 Å². The van der Waals surface area contributed by atoms with Crippen LogP contribution in [0.1, 0.15) is 18.5 Å². The van der Waals surface area contributed by atoms with Crippen LogP contribution >= 0.6 is 15.9 Å². The third-order valence-corrected chi connectivity index (χ3v) is 3.70. The van der Waals surface area contributed by atoms with Crippen LogP contribution in [0.25, 0.3) is 0 Å². The molecule has 0 aliphatic carbocycles. The quantitative estimate of drug-likeness (QED) is 0.860. The second-order valence-corrected chi connectivity index (χ2v) is 5.52. The van der Waals surface area contributed by atoms with Crippen LogP contribution < -0.4 is 0 Å². The molecule has 7 heteroatoms. The standard InChI is InChI=1S/C14H12BrNO5/c1-7(17)11-12(8-2-4-9(15)5-3-8)16(6-10(18)19)14(21)13(11)20/h2-5,12,20H,6H2,1H3,(H,18,19)/t12-/m0/s1. The van der Waals surface area contributed by atoms with Gasteiger partial charge in [0.15, 0.2) is 11.5 Å². The summed E-state index contributed by atoms with van der Waals surface area (Å²) in [5, 5.41) is 18.8. The minimum absolute atomic E-state index is 0.0800. The summed E-state index contributed by atoms with van der Waals surface area (Å²) in [5.74, 6) is -3.23. The Morgan fingerprint density at radius 1 is 1.29 bits per heavy atom. The molecule has 1 amide bonds. The first-order chi connectivity index (χ1) is 9.82. The van der Waals surface area contributed by atoms with Gasteiger partial charge in [-0.3, -0.25) is 14.4 Å². The van der Waals surface area contributed by atoms with Crippen molar-refractivity contribution in [3.63, 3.8) is 0 Å². The Morgan fingerprint density at radius 2 is 1.86 bits per heavy atom. The number of amides is 1. The zero-order valence-electron chi connectivity index (χ0n) is 11.0. The van der Waals surface area contributed by atoms with Crippen molar-refractivity contribution in [1.82, 2.24) is 4.90 Å². The van der Waals surface area contributed by atoms with Gasteiger partial charge in [-0.25, -0.2) is 0 Å². The van der Waals surface area contributed by atoms with Gasteiger partial charge in [0.2, 0.25) is 0 Å². The zero-order chi connectivity index (χ0) is 15.7. The lowest BCUT2D eigenvalue weighted by Gasteiger charge is -2.24. The number of nitrogens with zero attached hydrogens (tertiary/aromatic N) is 1. The molecule has 6 nitrogen and oxygen atoms in total. The van der Waals surface area contributed by atoms with Crippen LogP contribution in [0.2, 0.25) is 0 Å². The van der Waals surface area contributed by atoms with E-state index in [1.807, 2.05) is 0 Å². The molecule has 0 saturated heterocycles. The maximum atomic E-state index is 12.0. The summed E-state index contributed by atoms with van der Waals surface area (Å²) in [5.41, 5.74) is 0.477. The van der Waals surface area contributed by atoms with Gasteiger partial charge in [0.25, 0.3) is 5.91 Å². The van der Waals surface area contributed by atoms with Gasteiger partial charge in [0.05, 0.1) is 11.6 Å². The lowest BCUT2D eigenvalue weighted by Crippen LogP contribution is -2.35. The molecule has 0 spiro atoms. The summed E-state index contributed by atoms with van der Waals surface area (Å²) in [6, 6.07) is 5.87. The fourth-order valence-electron chi connectivity index (χ4n) is 2.31. The topological polar surface area (TPSA) is 94.9 Å². The van der Waals surface area contributed by atoms with Crippen molar-refractivity contribution in [1.29, 1.82) is 0 Å². The number of rotatable bonds is 4. The molecule has 0 radical (unpaired) electrons. The van der Waals surface area contributed by atoms with Gasteiger partial charge in [-0.05, 0) is 24.6 Å². The summed E-state index contributed by atoms with van der Waals surface area (Å²) < 4.78 is 0.804. The van der Waals surface area contributed by atoms with E-state index in [1.54, 1.807) is 24.3 Å². The Balaban J connectivity index is 2.53. The number of carboxylic acids is 1. The predicted molar refractivity (Wildman–Crippen MR) is 76.6 cm³/mol. The molecule has 2 rings (SSSR count). The molecule has 0 fully saturated rings. The molecule has 0 aromatic heterocycles. The second kappa shape index (κ2) is 5.69. The molecular formula is C14H12BrNO5. The number of carbonyl (C=O) groups is 3. The Morgan fingerprint density at radius 3 is 2.33 bits per heavy atom. The maximum absolute atomic E-state index is 12.0. The summed E-state index contributed by atoms with van der Waals surface area (Å²) >= 11 is 3.27. The van der Waals surface area contributed by atoms with E-state index in [-0.39, 0.29) is 5.57 Å². The van der Waals surface area contributed by atoms with Crippen molar-refractivity contribution in [2.75, 3.05) is 6.54 Å². The minimum atomic E-state index is -1.22. The molecule has 1 aromatic rings. The number of hydrogen-bond donors (Lipinski definition) is 2. The molecule has 2 N–H and O–H groups in total. The normalized spacial score (nSPS) is 18.3. The zero-order valence-corrected chi connectivity index (χ0v) is 12.6. The van der Waals surface area contributed by atoms with Crippen LogP contribution in [0.15, 0.2) is 40.1 Å². The van der Waals surface area contributed by atoms with E-state index in [9.17, 15) is 19.5 Å². The first kappa shape index (κ1) is 15.2. The molecule has 1 atom stereocenters. The molecule has 1 aromatic carbocycles. The molecule has 21 heavy (non-hydrogen) atoms. The first-order valence-corrected chi connectivity index (χ1v) is 6.84.